The van der Waals surface area contributed by atoms with E-state index in [0.29, 0.717) is 22.2 Å². The Labute approximate surface area is 150 Å². The highest BCUT2D eigenvalue weighted by Gasteiger charge is 2.24. The molecule has 0 aliphatic carbocycles. The van der Waals surface area contributed by atoms with Crippen molar-refractivity contribution in [2.24, 2.45) is 0 Å². The molecule has 1 saturated heterocycles. The van der Waals surface area contributed by atoms with Crippen molar-refractivity contribution >= 4 is 23.5 Å². The zero-order chi connectivity index (χ0) is 17.6. The number of anilines is 1. The summed E-state index contributed by atoms with van der Waals surface area (Å²) in [5.74, 6) is 0.528. The monoisotopic (exact) mass is 354 g/mol. The lowest BCUT2D eigenvalue weighted by Gasteiger charge is -2.33. The summed E-state index contributed by atoms with van der Waals surface area (Å²) in [6, 6.07) is 7.54. The molecule has 128 valence electrons. The average Bonchev–Trinajstić information content (AvgIpc) is 2.68. The number of nitriles is 1. The van der Waals surface area contributed by atoms with Crippen molar-refractivity contribution < 1.29 is 4.79 Å². The molecule has 0 bridgehead atoms. The first-order chi connectivity index (χ1) is 12.2. The van der Waals surface area contributed by atoms with Gasteiger partial charge in [0.05, 0.1) is 6.20 Å². The minimum atomic E-state index is -0.150. The van der Waals surface area contributed by atoms with Gasteiger partial charge in [0.2, 0.25) is 0 Å². The average molecular weight is 354 g/mol. The molecule has 1 fully saturated rings. The van der Waals surface area contributed by atoms with Gasteiger partial charge < -0.3 is 10.2 Å². The van der Waals surface area contributed by atoms with E-state index in [1.54, 1.807) is 30.6 Å². The third-order valence-electron chi connectivity index (χ3n) is 4.08. The Morgan fingerprint density at radius 3 is 2.80 bits per heavy atom. The number of piperidine rings is 1. The van der Waals surface area contributed by atoms with Gasteiger partial charge in [-0.25, -0.2) is 9.97 Å². The molecular weight excluding hydrogens is 336 g/mol. The summed E-state index contributed by atoms with van der Waals surface area (Å²) < 4.78 is 0. The molecule has 0 saturated carbocycles. The second kappa shape index (κ2) is 7.94. The van der Waals surface area contributed by atoms with Gasteiger partial charge in [-0.05, 0) is 31.2 Å². The van der Waals surface area contributed by atoms with Crippen molar-refractivity contribution in [2.75, 3.05) is 24.2 Å². The molecule has 0 spiro atoms. The highest BCUT2D eigenvalue weighted by molar-refractivity contribution is 7.98. The van der Waals surface area contributed by atoms with Crippen LogP contribution in [0.5, 0.6) is 0 Å². The smallest absolute Gasteiger partial charge is 0.270 e. The van der Waals surface area contributed by atoms with Gasteiger partial charge in [-0.3, -0.25) is 9.78 Å². The van der Waals surface area contributed by atoms with Crippen LogP contribution in [-0.2, 0) is 0 Å². The molecule has 3 rings (SSSR count). The molecule has 0 aromatic carbocycles. The van der Waals surface area contributed by atoms with Crippen molar-refractivity contribution in [3.8, 4) is 6.07 Å². The number of pyridine rings is 1. The molecule has 0 unspecified atom stereocenters. The predicted molar refractivity (Wildman–Crippen MR) is 95.5 cm³/mol. The van der Waals surface area contributed by atoms with E-state index in [2.05, 4.69) is 31.2 Å². The minimum Gasteiger partial charge on any atom is -0.355 e. The molecule has 2 aromatic rings. The Morgan fingerprint density at radius 2 is 2.16 bits per heavy atom. The lowest BCUT2D eigenvalue weighted by atomic mass is 10.0. The van der Waals surface area contributed by atoms with Gasteiger partial charge in [-0.1, -0.05) is 17.8 Å². The molecule has 0 radical (unpaired) electrons. The maximum Gasteiger partial charge on any atom is 0.270 e. The van der Waals surface area contributed by atoms with Crippen LogP contribution in [0.1, 0.15) is 28.9 Å². The van der Waals surface area contributed by atoms with Gasteiger partial charge in [0.15, 0.2) is 11.0 Å². The van der Waals surface area contributed by atoms with Gasteiger partial charge in [-0.15, -0.1) is 0 Å². The molecule has 1 N–H and O–H groups in total. The number of aromatic nitrogens is 3. The van der Waals surface area contributed by atoms with E-state index in [0.717, 1.165) is 25.9 Å². The highest BCUT2D eigenvalue weighted by atomic mass is 32.2. The van der Waals surface area contributed by atoms with Crippen LogP contribution in [0.2, 0.25) is 0 Å². The topological polar surface area (TPSA) is 94.8 Å². The van der Waals surface area contributed by atoms with E-state index in [4.69, 9.17) is 0 Å². The van der Waals surface area contributed by atoms with E-state index in [1.165, 1.54) is 11.8 Å². The largest absolute Gasteiger partial charge is 0.355 e. The number of nitrogens with one attached hydrogen (secondary N) is 1. The number of rotatable bonds is 4. The molecule has 7 nitrogen and oxygen atoms in total. The van der Waals surface area contributed by atoms with E-state index in [9.17, 15) is 10.1 Å². The van der Waals surface area contributed by atoms with Crippen molar-refractivity contribution in [1.82, 2.24) is 20.3 Å². The second-order valence-electron chi connectivity index (χ2n) is 5.66. The van der Waals surface area contributed by atoms with Gasteiger partial charge >= 0.3 is 0 Å². The number of nitrogens with zero attached hydrogens (tertiary/aromatic N) is 5. The molecular formula is C17H18N6OS. The summed E-state index contributed by atoms with van der Waals surface area (Å²) in [6.07, 6.45) is 6.68. The lowest BCUT2D eigenvalue weighted by molar-refractivity contribution is 0.0926. The fraction of sp³-hybridized carbons (Fsp3) is 0.353. The molecule has 3 heterocycles. The number of carbonyl (C=O) groups excluding carboxylic acids is 1. The number of amides is 1. The first kappa shape index (κ1) is 17.2. The summed E-state index contributed by atoms with van der Waals surface area (Å²) >= 11 is 1.45. The summed E-state index contributed by atoms with van der Waals surface area (Å²) in [5, 5.41) is 13.0. The van der Waals surface area contributed by atoms with Crippen molar-refractivity contribution in [1.29, 1.82) is 5.26 Å². The SMILES string of the molecule is CSc1ncc(C#N)c(N2CCC(NC(=O)c3ccccn3)CC2)n1. The molecule has 25 heavy (non-hydrogen) atoms. The van der Waals surface area contributed by atoms with Crippen molar-refractivity contribution in [2.45, 2.75) is 24.0 Å². The Bertz CT molecular complexity index is 783. The third-order valence-corrected chi connectivity index (χ3v) is 4.64. The normalized spacial score (nSPS) is 14.8. The Balaban J connectivity index is 1.63. The van der Waals surface area contributed by atoms with Crippen molar-refractivity contribution in [3.63, 3.8) is 0 Å². The maximum atomic E-state index is 12.2. The first-order valence-electron chi connectivity index (χ1n) is 7.99. The van der Waals surface area contributed by atoms with E-state index < -0.39 is 0 Å². The molecule has 0 atom stereocenters. The summed E-state index contributed by atoms with van der Waals surface area (Å²) in [4.78, 5) is 27.0. The quantitative estimate of drug-likeness (QED) is 0.661. The maximum absolute atomic E-state index is 12.2. The van der Waals surface area contributed by atoms with Gasteiger partial charge in [0.1, 0.15) is 17.3 Å². The van der Waals surface area contributed by atoms with Crippen LogP contribution in [0.3, 0.4) is 0 Å². The van der Waals surface area contributed by atoms with Crippen LogP contribution in [0.4, 0.5) is 5.82 Å². The Hall–Kier alpha value is -2.66. The zero-order valence-corrected chi connectivity index (χ0v) is 14.7. The highest BCUT2D eigenvalue weighted by Crippen LogP contribution is 2.23. The van der Waals surface area contributed by atoms with Gasteiger partial charge in [-0.2, -0.15) is 5.26 Å². The van der Waals surface area contributed by atoms with Crippen LogP contribution in [0.25, 0.3) is 0 Å². The third kappa shape index (κ3) is 4.06. The zero-order valence-electron chi connectivity index (χ0n) is 13.8. The predicted octanol–water partition coefficient (Wildman–Crippen LogP) is 1.86. The van der Waals surface area contributed by atoms with Crippen molar-refractivity contribution in [3.05, 3.63) is 41.9 Å². The first-order valence-corrected chi connectivity index (χ1v) is 9.21. The molecule has 8 heteroatoms. The molecule has 1 aliphatic heterocycles. The fourth-order valence-electron chi connectivity index (χ4n) is 2.77. The standard InChI is InChI=1S/C17H18N6OS/c1-25-17-20-11-12(10-18)15(22-17)23-8-5-13(6-9-23)21-16(24)14-4-2-3-7-19-14/h2-4,7,11,13H,5-6,8-9H2,1H3,(H,21,24). The van der Waals surface area contributed by atoms with Crippen LogP contribution in [-0.4, -0.2) is 46.2 Å². The number of carbonyl (C=O) groups is 1. The fourth-order valence-corrected chi connectivity index (χ4v) is 3.10. The van der Waals surface area contributed by atoms with Crippen LogP contribution in [0.15, 0.2) is 35.7 Å². The number of hydrogen-bond donors (Lipinski definition) is 1. The Morgan fingerprint density at radius 1 is 1.36 bits per heavy atom. The minimum absolute atomic E-state index is 0.0955. The van der Waals surface area contributed by atoms with Crippen LogP contribution >= 0.6 is 11.8 Å². The summed E-state index contributed by atoms with van der Waals surface area (Å²) in [5.41, 5.74) is 0.908. The number of thioether (sulfide) groups is 1. The summed E-state index contributed by atoms with van der Waals surface area (Å²) in [7, 11) is 0. The molecule has 1 aliphatic rings. The molecule has 1 amide bonds. The van der Waals surface area contributed by atoms with E-state index >= 15 is 0 Å². The Kier molecular flexibility index (Phi) is 5.46. The van der Waals surface area contributed by atoms with Crippen LogP contribution < -0.4 is 10.2 Å². The van der Waals surface area contributed by atoms with Crippen LogP contribution in [0, 0.1) is 11.3 Å². The van der Waals surface area contributed by atoms with Gasteiger partial charge in [0, 0.05) is 25.3 Å². The van der Waals surface area contributed by atoms with E-state index in [1.807, 2.05) is 6.26 Å². The second-order valence-corrected chi connectivity index (χ2v) is 6.43. The van der Waals surface area contributed by atoms with E-state index in [-0.39, 0.29) is 11.9 Å². The molecule has 2 aromatic heterocycles. The van der Waals surface area contributed by atoms with Gasteiger partial charge in [0.25, 0.3) is 5.91 Å². The summed E-state index contributed by atoms with van der Waals surface area (Å²) in [6.45, 7) is 1.46. The lowest BCUT2D eigenvalue weighted by Crippen LogP contribution is -2.45. The number of hydrogen-bond acceptors (Lipinski definition) is 7.